The minimum atomic E-state index is -0.403. The zero-order valence-corrected chi connectivity index (χ0v) is 14.7. The maximum absolute atomic E-state index is 12.9. The molecule has 0 bridgehead atoms. The summed E-state index contributed by atoms with van der Waals surface area (Å²) in [6.45, 7) is 1.67. The third kappa shape index (κ3) is 3.35. The second kappa shape index (κ2) is 6.87. The number of aryl methyl sites for hydroxylation is 1. The Labute approximate surface area is 154 Å². The number of fused-ring (bicyclic) bond motifs is 1. The fourth-order valence-corrected chi connectivity index (χ4v) is 2.90. The van der Waals surface area contributed by atoms with E-state index in [0.717, 1.165) is 15.9 Å². The standard InChI is InChI=1S/C20H17N5O2/c1-14-12-17-23-24(13-18(26)22-16-10-6-3-7-11-16)20(27)25(17)19(21-14)15-8-4-2-5-9-15/h2-12H,13H2,1H3,(H,22,26). The van der Waals surface area contributed by atoms with Crippen LogP contribution in [0.1, 0.15) is 5.69 Å². The van der Waals surface area contributed by atoms with Crippen LogP contribution in [0.15, 0.2) is 71.5 Å². The number of para-hydroxylation sites is 1. The summed E-state index contributed by atoms with van der Waals surface area (Å²) < 4.78 is 2.58. The molecule has 0 fully saturated rings. The molecule has 0 saturated carbocycles. The first-order chi connectivity index (χ1) is 13.1. The lowest BCUT2D eigenvalue weighted by Crippen LogP contribution is -2.28. The van der Waals surface area contributed by atoms with Gasteiger partial charge in [-0.1, -0.05) is 48.5 Å². The minimum Gasteiger partial charge on any atom is -0.324 e. The Hall–Kier alpha value is -3.74. The average Bonchev–Trinajstić information content (AvgIpc) is 2.97. The van der Waals surface area contributed by atoms with E-state index in [2.05, 4.69) is 15.4 Å². The molecule has 4 rings (SSSR count). The molecule has 0 unspecified atom stereocenters. The van der Waals surface area contributed by atoms with Crippen molar-refractivity contribution < 1.29 is 4.79 Å². The molecular weight excluding hydrogens is 342 g/mol. The van der Waals surface area contributed by atoms with Crippen LogP contribution in [-0.2, 0) is 11.3 Å². The molecule has 0 radical (unpaired) electrons. The number of benzene rings is 2. The molecular formula is C20H17N5O2. The quantitative estimate of drug-likeness (QED) is 0.607. The van der Waals surface area contributed by atoms with Crippen LogP contribution < -0.4 is 11.0 Å². The van der Waals surface area contributed by atoms with Gasteiger partial charge in [-0.2, -0.15) is 0 Å². The van der Waals surface area contributed by atoms with Gasteiger partial charge in [0.25, 0.3) is 0 Å². The maximum Gasteiger partial charge on any atom is 0.352 e. The Morgan fingerprint density at radius 2 is 1.70 bits per heavy atom. The van der Waals surface area contributed by atoms with Crippen molar-refractivity contribution in [3.8, 4) is 11.4 Å². The topological polar surface area (TPSA) is 81.3 Å². The molecule has 7 nitrogen and oxygen atoms in total. The van der Waals surface area contributed by atoms with Crippen molar-refractivity contribution >= 4 is 17.2 Å². The molecule has 7 heteroatoms. The second-order valence-electron chi connectivity index (χ2n) is 6.14. The van der Waals surface area contributed by atoms with Crippen molar-refractivity contribution in [1.29, 1.82) is 0 Å². The van der Waals surface area contributed by atoms with Gasteiger partial charge >= 0.3 is 5.69 Å². The van der Waals surface area contributed by atoms with Gasteiger partial charge in [-0.3, -0.25) is 4.79 Å². The average molecular weight is 359 g/mol. The smallest absolute Gasteiger partial charge is 0.324 e. The zero-order chi connectivity index (χ0) is 18.8. The summed E-state index contributed by atoms with van der Waals surface area (Å²) in [6.07, 6.45) is 0. The summed E-state index contributed by atoms with van der Waals surface area (Å²) in [7, 11) is 0. The molecule has 2 heterocycles. The van der Waals surface area contributed by atoms with Crippen LogP contribution >= 0.6 is 0 Å². The molecule has 0 spiro atoms. The number of aromatic nitrogens is 4. The van der Waals surface area contributed by atoms with Crippen molar-refractivity contribution in [1.82, 2.24) is 19.2 Å². The zero-order valence-electron chi connectivity index (χ0n) is 14.7. The highest BCUT2D eigenvalue weighted by Gasteiger charge is 2.16. The van der Waals surface area contributed by atoms with Gasteiger partial charge in [0.2, 0.25) is 5.91 Å². The number of anilines is 1. The second-order valence-corrected chi connectivity index (χ2v) is 6.14. The lowest BCUT2D eigenvalue weighted by Gasteiger charge is -2.04. The molecule has 1 amide bonds. The number of carbonyl (C=O) groups is 1. The van der Waals surface area contributed by atoms with Gasteiger partial charge < -0.3 is 5.32 Å². The monoisotopic (exact) mass is 359 g/mol. The lowest BCUT2D eigenvalue weighted by molar-refractivity contribution is -0.117. The Kier molecular flexibility index (Phi) is 4.25. The summed E-state index contributed by atoms with van der Waals surface area (Å²) >= 11 is 0. The van der Waals surface area contributed by atoms with E-state index >= 15 is 0 Å². The van der Waals surface area contributed by atoms with E-state index in [-0.39, 0.29) is 12.5 Å². The molecule has 2 aromatic carbocycles. The Morgan fingerprint density at radius 3 is 2.41 bits per heavy atom. The van der Waals surface area contributed by atoms with E-state index < -0.39 is 5.69 Å². The van der Waals surface area contributed by atoms with Crippen LogP contribution in [0.4, 0.5) is 5.69 Å². The van der Waals surface area contributed by atoms with Gasteiger partial charge in [0.15, 0.2) is 5.65 Å². The lowest BCUT2D eigenvalue weighted by atomic mass is 10.2. The van der Waals surface area contributed by atoms with E-state index in [1.54, 1.807) is 18.2 Å². The summed E-state index contributed by atoms with van der Waals surface area (Å²) in [4.78, 5) is 29.7. The Morgan fingerprint density at radius 1 is 1.04 bits per heavy atom. The van der Waals surface area contributed by atoms with Gasteiger partial charge in [0.05, 0.1) is 0 Å². The van der Waals surface area contributed by atoms with Crippen molar-refractivity contribution in [2.75, 3.05) is 5.32 Å². The number of amides is 1. The predicted octanol–water partition coefficient (Wildman–Crippen LogP) is 2.51. The Balaban J connectivity index is 1.72. The molecule has 2 aromatic heterocycles. The van der Waals surface area contributed by atoms with Gasteiger partial charge in [0.1, 0.15) is 12.4 Å². The summed E-state index contributed by atoms with van der Waals surface area (Å²) in [5.74, 6) is 0.183. The number of rotatable bonds is 4. The molecule has 0 aliphatic heterocycles. The van der Waals surface area contributed by atoms with Crippen LogP contribution in [0.3, 0.4) is 0 Å². The van der Waals surface area contributed by atoms with E-state index in [9.17, 15) is 9.59 Å². The SMILES string of the molecule is Cc1cc2nn(CC(=O)Nc3ccccc3)c(=O)n2c(-c2ccccc2)n1. The third-order valence-electron chi connectivity index (χ3n) is 4.08. The number of hydrogen-bond donors (Lipinski definition) is 1. The molecule has 27 heavy (non-hydrogen) atoms. The summed E-state index contributed by atoms with van der Waals surface area (Å²) in [6, 6.07) is 20.2. The molecule has 0 atom stereocenters. The third-order valence-corrected chi connectivity index (χ3v) is 4.08. The van der Waals surface area contributed by atoms with Gasteiger partial charge in [-0.25, -0.2) is 18.9 Å². The van der Waals surface area contributed by atoms with Crippen molar-refractivity contribution in [3.63, 3.8) is 0 Å². The normalized spacial score (nSPS) is 10.9. The van der Waals surface area contributed by atoms with Crippen LogP contribution in [0.25, 0.3) is 17.0 Å². The number of hydrogen-bond acceptors (Lipinski definition) is 4. The van der Waals surface area contributed by atoms with E-state index in [4.69, 9.17) is 0 Å². The molecule has 0 aliphatic rings. The molecule has 0 saturated heterocycles. The highest BCUT2D eigenvalue weighted by molar-refractivity contribution is 5.90. The van der Waals surface area contributed by atoms with E-state index in [1.807, 2.05) is 55.5 Å². The van der Waals surface area contributed by atoms with Crippen LogP contribution in [0.2, 0.25) is 0 Å². The van der Waals surface area contributed by atoms with Crippen LogP contribution in [0.5, 0.6) is 0 Å². The first kappa shape index (κ1) is 16.7. The molecule has 4 aromatic rings. The maximum atomic E-state index is 12.9. The van der Waals surface area contributed by atoms with Gasteiger partial charge in [-0.05, 0) is 19.1 Å². The van der Waals surface area contributed by atoms with Crippen LogP contribution in [-0.4, -0.2) is 25.1 Å². The first-order valence-corrected chi connectivity index (χ1v) is 8.49. The van der Waals surface area contributed by atoms with E-state index in [1.165, 1.54) is 4.40 Å². The van der Waals surface area contributed by atoms with E-state index in [0.29, 0.717) is 17.2 Å². The predicted molar refractivity (Wildman–Crippen MR) is 102 cm³/mol. The van der Waals surface area contributed by atoms with Gasteiger partial charge in [-0.15, -0.1) is 5.10 Å². The number of nitrogens with one attached hydrogen (secondary N) is 1. The number of carbonyl (C=O) groups excluding carboxylic acids is 1. The molecule has 1 N–H and O–H groups in total. The number of nitrogens with zero attached hydrogens (tertiary/aromatic N) is 4. The first-order valence-electron chi connectivity index (χ1n) is 8.49. The fraction of sp³-hybridized carbons (Fsp3) is 0.100. The van der Waals surface area contributed by atoms with Crippen molar-refractivity contribution in [2.45, 2.75) is 13.5 Å². The van der Waals surface area contributed by atoms with Crippen LogP contribution in [0, 0.1) is 6.92 Å². The largest absolute Gasteiger partial charge is 0.352 e. The summed E-state index contributed by atoms with van der Waals surface area (Å²) in [5.41, 5.74) is 2.27. The molecule has 0 aliphatic carbocycles. The Bertz CT molecular complexity index is 1160. The fourth-order valence-electron chi connectivity index (χ4n) is 2.90. The highest BCUT2D eigenvalue weighted by atomic mass is 16.2. The highest BCUT2D eigenvalue weighted by Crippen LogP contribution is 2.17. The minimum absolute atomic E-state index is 0.178. The molecule has 134 valence electrons. The summed E-state index contributed by atoms with van der Waals surface area (Å²) in [5, 5.41) is 7.06. The van der Waals surface area contributed by atoms with Crippen molar-refractivity contribution in [2.24, 2.45) is 0 Å². The van der Waals surface area contributed by atoms with Gasteiger partial charge in [0, 0.05) is 23.0 Å². The van der Waals surface area contributed by atoms with Crippen molar-refractivity contribution in [3.05, 3.63) is 82.9 Å².